The Labute approximate surface area is 291 Å². The summed E-state index contributed by atoms with van der Waals surface area (Å²) >= 11 is 0. The first-order valence-corrected chi connectivity index (χ1v) is 17.4. The van der Waals surface area contributed by atoms with Crippen LogP contribution in [0, 0.1) is 29.1 Å². The van der Waals surface area contributed by atoms with E-state index >= 15 is 0 Å². The molecule has 0 spiro atoms. The minimum Gasteiger partial charge on any atom is -0.365 e. The Morgan fingerprint density at radius 1 is 0.918 bits per heavy atom. The largest absolute Gasteiger partial charge is 0.365 e. The molecule has 1 fully saturated rings. The molecule has 260 valence electrons. The SMILES string of the molecule is CN[C@@H](C)C(=O)N[C@H](C(=O)N1CCC[C@H]1C(=O)NC1c2ccccc2C[C@H]1OCC#CC#CCO[C@@H]1Cc2ccccc2[C@@H]1C)C(C)(C)C. The third-order valence-corrected chi connectivity index (χ3v) is 10.0. The molecule has 49 heavy (non-hydrogen) atoms. The number of nitrogens with zero attached hydrogens (tertiary/aromatic N) is 1. The molecule has 2 aromatic rings. The second-order valence-corrected chi connectivity index (χ2v) is 14.4. The first-order valence-electron chi connectivity index (χ1n) is 17.4. The lowest BCUT2D eigenvalue weighted by Gasteiger charge is -2.36. The van der Waals surface area contributed by atoms with E-state index in [2.05, 4.69) is 70.8 Å². The van der Waals surface area contributed by atoms with Gasteiger partial charge in [0.2, 0.25) is 17.7 Å². The van der Waals surface area contributed by atoms with E-state index in [1.165, 1.54) is 11.1 Å². The predicted molar refractivity (Wildman–Crippen MR) is 189 cm³/mol. The highest BCUT2D eigenvalue weighted by Gasteiger charge is 2.44. The molecule has 3 aliphatic rings. The second kappa shape index (κ2) is 16.0. The van der Waals surface area contributed by atoms with E-state index in [0.29, 0.717) is 38.3 Å². The third-order valence-electron chi connectivity index (χ3n) is 10.0. The number of nitrogens with one attached hydrogen (secondary N) is 3. The minimum atomic E-state index is -0.774. The molecule has 7 atom stereocenters. The standard InChI is InChI=1S/C40H50N4O5/c1-26-30-18-11-9-16-28(30)24-33(26)48-22-13-7-8-14-23-49-34-25-29-17-10-12-19-31(29)35(34)42-38(46)32-20-15-21-44(32)39(47)36(40(3,4)5)43-37(45)27(2)41-6/h9-12,16-19,26-27,32-36,41H,15,20-25H2,1-6H3,(H,42,46)(H,43,45)/t26-,27-,32-,33+,34+,35?,36+/m0/s1. The van der Waals surface area contributed by atoms with Crippen molar-refractivity contribution in [3.8, 4) is 23.7 Å². The van der Waals surface area contributed by atoms with Gasteiger partial charge in [0.25, 0.3) is 0 Å². The van der Waals surface area contributed by atoms with Crippen LogP contribution < -0.4 is 16.0 Å². The van der Waals surface area contributed by atoms with Crippen molar-refractivity contribution >= 4 is 17.7 Å². The van der Waals surface area contributed by atoms with E-state index in [1.807, 2.05) is 45.0 Å². The van der Waals surface area contributed by atoms with Crippen LogP contribution in [0.5, 0.6) is 0 Å². The Kier molecular flexibility index (Phi) is 11.8. The lowest BCUT2D eigenvalue weighted by atomic mass is 9.85. The molecule has 1 saturated heterocycles. The molecule has 9 heteroatoms. The molecule has 0 radical (unpaired) electrons. The molecule has 9 nitrogen and oxygen atoms in total. The molecule has 0 saturated carbocycles. The predicted octanol–water partition coefficient (Wildman–Crippen LogP) is 3.67. The van der Waals surface area contributed by atoms with Crippen molar-refractivity contribution in [3.63, 3.8) is 0 Å². The van der Waals surface area contributed by atoms with Gasteiger partial charge in [0.05, 0.1) is 24.3 Å². The number of carbonyl (C=O) groups is 3. The number of rotatable bonds is 10. The number of hydrogen-bond acceptors (Lipinski definition) is 6. The maximum Gasteiger partial charge on any atom is 0.246 e. The normalized spacial score (nSPS) is 23.6. The third kappa shape index (κ3) is 8.54. The van der Waals surface area contributed by atoms with Gasteiger partial charge >= 0.3 is 0 Å². The molecule has 3 amide bonds. The molecular weight excluding hydrogens is 616 g/mol. The number of likely N-dealkylation sites (tertiary alicyclic amines) is 1. The van der Waals surface area contributed by atoms with Gasteiger partial charge in [-0.2, -0.15) is 0 Å². The Morgan fingerprint density at radius 3 is 2.14 bits per heavy atom. The highest BCUT2D eigenvalue weighted by atomic mass is 16.5. The number of hydrogen-bond donors (Lipinski definition) is 3. The van der Waals surface area contributed by atoms with Gasteiger partial charge in [-0.05, 0) is 72.7 Å². The zero-order valence-electron chi connectivity index (χ0n) is 29.6. The topological polar surface area (TPSA) is 109 Å². The summed E-state index contributed by atoms with van der Waals surface area (Å²) in [5, 5.41) is 9.06. The fourth-order valence-corrected chi connectivity index (χ4v) is 7.07. The number of likely N-dealkylation sites (N-methyl/N-ethyl adjacent to an activating group) is 1. The molecule has 0 aromatic heterocycles. The molecule has 1 unspecified atom stereocenters. The maximum atomic E-state index is 13.9. The highest BCUT2D eigenvalue weighted by molar-refractivity contribution is 5.94. The number of ether oxygens (including phenoxy) is 2. The zero-order valence-corrected chi connectivity index (χ0v) is 29.6. The van der Waals surface area contributed by atoms with Gasteiger partial charge in [0.15, 0.2) is 0 Å². The highest BCUT2D eigenvalue weighted by Crippen LogP contribution is 2.35. The number of benzene rings is 2. The second-order valence-electron chi connectivity index (χ2n) is 14.4. The van der Waals surface area contributed by atoms with Crippen molar-refractivity contribution in [1.82, 2.24) is 20.9 Å². The molecule has 1 heterocycles. The van der Waals surface area contributed by atoms with E-state index in [0.717, 1.165) is 17.5 Å². The van der Waals surface area contributed by atoms with Crippen LogP contribution in [0.25, 0.3) is 0 Å². The van der Waals surface area contributed by atoms with Crippen LogP contribution in [0.3, 0.4) is 0 Å². The van der Waals surface area contributed by atoms with Gasteiger partial charge in [-0.1, -0.05) is 88.1 Å². The zero-order chi connectivity index (χ0) is 35.1. The van der Waals surface area contributed by atoms with Gasteiger partial charge < -0.3 is 30.3 Å². The van der Waals surface area contributed by atoms with Crippen molar-refractivity contribution in [1.29, 1.82) is 0 Å². The van der Waals surface area contributed by atoms with Crippen molar-refractivity contribution in [2.45, 2.75) is 103 Å². The quantitative estimate of drug-likeness (QED) is 0.334. The molecule has 3 N–H and O–H groups in total. The van der Waals surface area contributed by atoms with Crippen molar-refractivity contribution < 1.29 is 23.9 Å². The van der Waals surface area contributed by atoms with Gasteiger partial charge in [0, 0.05) is 18.9 Å². The fraction of sp³-hybridized carbons (Fsp3) is 0.525. The van der Waals surface area contributed by atoms with E-state index in [4.69, 9.17) is 9.47 Å². The van der Waals surface area contributed by atoms with Gasteiger partial charge in [0.1, 0.15) is 25.3 Å². The summed E-state index contributed by atoms with van der Waals surface area (Å²) in [6.07, 6.45) is 2.61. The fourth-order valence-electron chi connectivity index (χ4n) is 7.07. The molecule has 0 bridgehead atoms. The van der Waals surface area contributed by atoms with Crippen molar-refractivity contribution in [2.24, 2.45) is 5.41 Å². The van der Waals surface area contributed by atoms with Crippen LogP contribution in [0.1, 0.15) is 81.7 Å². The molecule has 2 aliphatic carbocycles. The smallest absolute Gasteiger partial charge is 0.246 e. The van der Waals surface area contributed by atoms with Gasteiger partial charge in [-0.15, -0.1) is 0 Å². The van der Waals surface area contributed by atoms with Gasteiger partial charge in [-0.25, -0.2) is 0 Å². The summed E-state index contributed by atoms with van der Waals surface area (Å²) in [6.45, 7) is 10.6. The summed E-state index contributed by atoms with van der Waals surface area (Å²) in [5.74, 6) is 11.4. The van der Waals surface area contributed by atoms with Crippen LogP contribution in [-0.2, 0) is 36.7 Å². The van der Waals surface area contributed by atoms with E-state index < -0.39 is 23.5 Å². The number of fused-ring (bicyclic) bond motifs is 2. The minimum absolute atomic E-state index is 0.126. The van der Waals surface area contributed by atoms with E-state index in [9.17, 15) is 14.4 Å². The van der Waals surface area contributed by atoms with Crippen molar-refractivity contribution in [2.75, 3.05) is 26.8 Å². The van der Waals surface area contributed by atoms with Crippen molar-refractivity contribution in [3.05, 3.63) is 70.8 Å². The average Bonchev–Trinajstić information content (AvgIpc) is 3.80. The molecule has 1 aliphatic heterocycles. The molecule has 2 aromatic carbocycles. The lowest BCUT2D eigenvalue weighted by Crippen LogP contribution is -2.59. The van der Waals surface area contributed by atoms with E-state index in [-0.39, 0.29) is 42.6 Å². The molecule has 5 rings (SSSR count). The number of amides is 3. The van der Waals surface area contributed by atoms with Crippen LogP contribution in [0.2, 0.25) is 0 Å². The van der Waals surface area contributed by atoms with E-state index in [1.54, 1.807) is 18.9 Å². The Hall–Kier alpha value is -4.15. The number of carbonyl (C=O) groups excluding carboxylic acids is 3. The summed E-state index contributed by atoms with van der Waals surface area (Å²) in [6, 6.07) is 14.2. The monoisotopic (exact) mass is 666 g/mol. The first-order chi connectivity index (χ1) is 23.5. The van der Waals surface area contributed by atoms with Crippen LogP contribution in [0.15, 0.2) is 48.5 Å². The summed E-state index contributed by atoms with van der Waals surface area (Å²) < 4.78 is 12.3. The van der Waals surface area contributed by atoms with Crippen LogP contribution in [0.4, 0.5) is 0 Å². The van der Waals surface area contributed by atoms with Gasteiger partial charge in [-0.3, -0.25) is 14.4 Å². The summed E-state index contributed by atoms with van der Waals surface area (Å²) in [4.78, 5) is 42.2. The summed E-state index contributed by atoms with van der Waals surface area (Å²) in [7, 11) is 1.70. The Bertz CT molecular complexity index is 1640. The Morgan fingerprint density at radius 2 is 1.51 bits per heavy atom. The average molecular weight is 667 g/mol. The first kappa shape index (κ1) is 36.1. The Balaban J connectivity index is 1.17. The van der Waals surface area contributed by atoms with Crippen LogP contribution >= 0.6 is 0 Å². The lowest BCUT2D eigenvalue weighted by molar-refractivity contribution is -0.144. The summed E-state index contributed by atoms with van der Waals surface area (Å²) in [5.41, 5.74) is 4.26. The van der Waals surface area contributed by atoms with Crippen LogP contribution in [-0.4, -0.2) is 79.8 Å². The molecular formula is C40H50N4O5. The maximum absolute atomic E-state index is 13.9.